The summed E-state index contributed by atoms with van der Waals surface area (Å²) < 4.78 is 4.81. The van der Waals surface area contributed by atoms with Gasteiger partial charge in [0, 0.05) is 13.7 Å². The van der Waals surface area contributed by atoms with Crippen molar-refractivity contribution in [3.8, 4) is 0 Å². The molecule has 1 amide bonds. The highest BCUT2D eigenvalue weighted by molar-refractivity contribution is 7.13. The Kier molecular flexibility index (Phi) is 3.85. The Morgan fingerprint density at radius 1 is 1.77 bits per heavy atom. The molecule has 0 atom stereocenters. The van der Waals surface area contributed by atoms with Crippen molar-refractivity contribution in [2.24, 2.45) is 0 Å². The van der Waals surface area contributed by atoms with Gasteiger partial charge in [0.25, 0.3) is 5.91 Å². The maximum Gasteiger partial charge on any atom is 0.263 e. The summed E-state index contributed by atoms with van der Waals surface area (Å²) in [6.07, 6.45) is 1.59. The maximum absolute atomic E-state index is 11.3. The van der Waals surface area contributed by atoms with E-state index in [1.165, 1.54) is 11.3 Å². The summed E-state index contributed by atoms with van der Waals surface area (Å²) in [4.78, 5) is 16.0. The number of carbonyl (C=O) groups is 1. The highest BCUT2D eigenvalue weighted by Crippen LogP contribution is 2.10. The van der Waals surface area contributed by atoms with Gasteiger partial charge in [-0.05, 0) is 6.92 Å². The minimum Gasteiger partial charge on any atom is -0.383 e. The molecule has 0 bridgehead atoms. The van der Waals surface area contributed by atoms with Crippen LogP contribution in [0.1, 0.15) is 14.7 Å². The van der Waals surface area contributed by atoms with E-state index in [-0.39, 0.29) is 5.91 Å². The van der Waals surface area contributed by atoms with Crippen LogP contribution >= 0.6 is 11.3 Å². The molecule has 0 aliphatic rings. The molecule has 0 aliphatic carbocycles. The number of thiazole rings is 1. The quantitative estimate of drug-likeness (QED) is 0.732. The summed E-state index contributed by atoms with van der Waals surface area (Å²) in [7, 11) is 1.60. The van der Waals surface area contributed by atoms with Crippen molar-refractivity contribution in [1.29, 1.82) is 0 Å². The highest BCUT2D eigenvalue weighted by Gasteiger charge is 2.07. The molecule has 0 saturated carbocycles. The average Bonchev–Trinajstić information content (AvgIpc) is 2.52. The molecule has 0 spiro atoms. The molecule has 4 nitrogen and oxygen atoms in total. The molecule has 13 heavy (non-hydrogen) atoms. The fourth-order valence-corrected chi connectivity index (χ4v) is 1.51. The van der Waals surface area contributed by atoms with Crippen molar-refractivity contribution < 1.29 is 9.53 Å². The first kappa shape index (κ1) is 10.1. The number of ether oxygens (including phenoxy) is 1. The smallest absolute Gasteiger partial charge is 0.263 e. The van der Waals surface area contributed by atoms with Crippen molar-refractivity contribution in [2.45, 2.75) is 6.92 Å². The van der Waals surface area contributed by atoms with Gasteiger partial charge < -0.3 is 10.1 Å². The fraction of sp³-hybridized carbons (Fsp3) is 0.500. The summed E-state index contributed by atoms with van der Waals surface area (Å²) in [5.41, 5.74) is 0. The van der Waals surface area contributed by atoms with Crippen LogP contribution in [0.5, 0.6) is 0 Å². The number of hydrogen-bond donors (Lipinski definition) is 1. The second kappa shape index (κ2) is 4.94. The summed E-state index contributed by atoms with van der Waals surface area (Å²) in [6, 6.07) is 0. The second-order valence-corrected chi connectivity index (χ2v) is 3.73. The molecule has 0 aromatic carbocycles. The summed E-state index contributed by atoms with van der Waals surface area (Å²) in [5, 5.41) is 3.62. The summed E-state index contributed by atoms with van der Waals surface area (Å²) >= 11 is 1.39. The highest BCUT2D eigenvalue weighted by atomic mass is 32.1. The average molecular weight is 200 g/mol. The molecule has 0 radical (unpaired) electrons. The zero-order chi connectivity index (χ0) is 9.68. The first-order valence-electron chi connectivity index (χ1n) is 3.93. The topological polar surface area (TPSA) is 51.2 Å². The van der Waals surface area contributed by atoms with Gasteiger partial charge in [-0.1, -0.05) is 0 Å². The number of nitrogens with one attached hydrogen (secondary N) is 1. The lowest BCUT2D eigenvalue weighted by Gasteiger charge is -2.00. The van der Waals surface area contributed by atoms with Crippen LogP contribution < -0.4 is 5.32 Å². The van der Waals surface area contributed by atoms with Crippen LogP contribution in [-0.4, -0.2) is 31.2 Å². The van der Waals surface area contributed by atoms with Gasteiger partial charge in [0.15, 0.2) is 0 Å². The van der Waals surface area contributed by atoms with E-state index in [4.69, 9.17) is 4.74 Å². The standard InChI is InChI=1S/C8H12N2O2S/c1-6-10-5-7(13-6)8(11)9-3-4-12-2/h5H,3-4H2,1-2H3,(H,9,11). The molecule has 1 N–H and O–H groups in total. The molecule has 1 heterocycles. The number of hydrogen-bond acceptors (Lipinski definition) is 4. The predicted molar refractivity (Wildman–Crippen MR) is 51.1 cm³/mol. The molecule has 0 fully saturated rings. The first-order chi connectivity index (χ1) is 6.24. The monoisotopic (exact) mass is 200 g/mol. The molecule has 0 saturated heterocycles. The maximum atomic E-state index is 11.3. The van der Waals surface area contributed by atoms with Gasteiger partial charge in [0.2, 0.25) is 0 Å². The lowest BCUT2D eigenvalue weighted by Crippen LogP contribution is -2.26. The zero-order valence-electron chi connectivity index (χ0n) is 7.66. The van der Waals surface area contributed by atoms with Crippen LogP contribution in [0.25, 0.3) is 0 Å². The van der Waals surface area contributed by atoms with Crippen LogP contribution in [-0.2, 0) is 4.74 Å². The van der Waals surface area contributed by atoms with Gasteiger partial charge in [-0.25, -0.2) is 4.98 Å². The van der Waals surface area contributed by atoms with Crippen molar-refractivity contribution in [3.63, 3.8) is 0 Å². The van der Waals surface area contributed by atoms with Gasteiger partial charge in [0.05, 0.1) is 17.8 Å². The molecule has 1 aromatic heterocycles. The third kappa shape index (κ3) is 3.12. The van der Waals surface area contributed by atoms with Crippen molar-refractivity contribution in [3.05, 3.63) is 16.1 Å². The molecule has 0 aliphatic heterocycles. The van der Waals surface area contributed by atoms with Crippen LogP contribution in [0, 0.1) is 6.92 Å². The Morgan fingerprint density at radius 2 is 2.54 bits per heavy atom. The normalized spacial score (nSPS) is 10.0. The third-order valence-electron chi connectivity index (χ3n) is 1.44. The van der Waals surface area contributed by atoms with Gasteiger partial charge in [-0.3, -0.25) is 4.79 Å². The number of carbonyl (C=O) groups excluding carboxylic acids is 1. The lowest BCUT2D eigenvalue weighted by atomic mass is 10.5. The third-order valence-corrected chi connectivity index (χ3v) is 2.35. The van der Waals surface area contributed by atoms with E-state index < -0.39 is 0 Å². The largest absolute Gasteiger partial charge is 0.383 e. The van der Waals surface area contributed by atoms with E-state index in [1.807, 2.05) is 6.92 Å². The molecular formula is C8H12N2O2S. The number of nitrogens with zero attached hydrogens (tertiary/aromatic N) is 1. The van der Waals surface area contributed by atoms with Gasteiger partial charge >= 0.3 is 0 Å². The minimum absolute atomic E-state index is 0.0809. The molecule has 5 heteroatoms. The number of rotatable bonds is 4. The summed E-state index contributed by atoms with van der Waals surface area (Å²) in [5.74, 6) is -0.0809. The van der Waals surface area contributed by atoms with Crippen LogP contribution in [0.15, 0.2) is 6.20 Å². The second-order valence-electron chi connectivity index (χ2n) is 2.49. The first-order valence-corrected chi connectivity index (χ1v) is 4.75. The van der Waals surface area contributed by atoms with E-state index in [9.17, 15) is 4.79 Å². The van der Waals surface area contributed by atoms with Gasteiger partial charge in [0.1, 0.15) is 4.88 Å². The van der Waals surface area contributed by atoms with Crippen LogP contribution in [0.4, 0.5) is 0 Å². The molecular weight excluding hydrogens is 188 g/mol. The van der Waals surface area contributed by atoms with E-state index in [1.54, 1.807) is 13.3 Å². The SMILES string of the molecule is COCCNC(=O)c1cnc(C)s1. The number of methoxy groups -OCH3 is 1. The van der Waals surface area contributed by atoms with E-state index in [2.05, 4.69) is 10.3 Å². The van der Waals surface area contributed by atoms with Crippen molar-refractivity contribution in [1.82, 2.24) is 10.3 Å². The van der Waals surface area contributed by atoms with Gasteiger partial charge in [-0.15, -0.1) is 11.3 Å². The zero-order valence-corrected chi connectivity index (χ0v) is 8.48. The Morgan fingerprint density at radius 3 is 3.08 bits per heavy atom. The predicted octanol–water partition coefficient (Wildman–Crippen LogP) is 0.828. The minimum atomic E-state index is -0.0809. The summed E-state index contributed by atoms with van der Waals surface area (Å²) in [6.45, 7) is 2.94. The molecule has 1 rings (SSSR count). The van der Waals surface area contributed by atoms with E-state index >= 15 is 0 Å². The number of amides is 1. The van der Waals surface area contributed by atoms with Gasteiger partial charge in [-0.2, -0.15) is 0 Å². The van der Waals surface area contributed by atoms with E-state index in [0.717, 1.165) is 5.01 Å². The van der Waals surface area contributed by atoms with Crippen molar-refractivity contribution in [2.75, 3.05) is 20.3 Å². The Bertz CT molecular complexity index is 285. The Hall–Kier alpha value is -0.940. The number of aryl methyl sites for hydroxylation is 1. The molecule has 0 unspecified atom stereocenters. The fourth-order valence-electron chi connectivity index (χ4n) is 0.820. The Balaban J connectivity index is 2.40. The van der Waals surface area contributed by atoms with Crippen molar-refractivity contribution >= 4 is 17.2 Å². The Labute approximate surface area is 80.9 Å². The molecule has 72 valence electrons. The van der Waals surface area contributed by atoms with E-state index in [0.29, 0.717) is 18.0 Å². The number of aromatic nitrogens is 1. The van der Waals surface area contributed by atoms with Crippen LogP contribution in [0.3, 0.4) is 0 Å². The van der Waals surface area contributed by atoms with Crippen LogP contribution in [0.2, 0.25) is 0 Å². The lowest BCUT2D eigenvalue weighted by molar-refractivity contribution is 0.0941. The molecule has 1 aromatic rings.